The molecule has 100 valence electrons. The predicted molar refractivity (Wildman–Crippen MR) is 71.7 cm³/mol. The van der Waals surface area contributed by atoms with E-state index in [-0.39, 0.29) is 12.1 Å². The number of hydrogen-bond donors (Lipinski definition) is 2. The van der Waals surface area contributed by atoms with Gasteiger partial charge in [-0.15, -0.1) is 0 Å². The SMILES string of the molecule is CC(C)Oc1cncc(NC2CCCCC2N)n1. The summed E-state index contributed by atoms with van der Waals surface area (Å²) in [5.74, 6) is 1.30. The number of nitrogens with zero attached hydrogens (tertiary/aromatic N) is 2. The summed E-state index contributed by atoms with van der Waals surface area (Å²) in [7, 11) is 0. The Balaban J connectivity index is 1.99. The van der Waals surface area contributed by atoms with Crippen molar-refractivity contribution in [2.45, 2.75) is 57.7 Å². The summed E-state index contributed by atoms with van der Waals surface area (Å²) in [6, 6.07) is 0.498. The summed E-state index contributed by atoms with van der Waals surface area (Å²) in [6.07, 6.45) is 8.07. The number of aromatic nitrogens is 2. The molecule has 1 aliphatic carbocycles. The first-order chi connectivity index (χ1) is 8.65. The molecule has 1 aromatic heterocycles. The van der Waals surface area contributed by atoms with Gasteiger partial charge >= 0.3 is 0 Å². The predicted octanol–water partition coefficient (Wildman–Crippen LogP) is 1.95. The van der Waals surface area contributed by atoms with Crippen molar-refractivity contribution in [2.24, 2.45) is 5.73 Å². The fraction of sp³-hybridized carbons (Fsp3) is 0.692. The lowest BCUT2D eigenvalue weighted by atomic mass is 9.91. The van der Waals surface area contributed by atoms with Crippen LogP contribution in [0.4, 0.5) is 5.82 Å². The molecular weight excluding hydrogens is 228 g/mol. The number of anilines is 1. The van der Waals surface area contributed by atoms with Crippen LogP contribution in [0.3, 0.4) is 0 Å². The van der Waals surface area contributed by atoms with Gasteiger partial charge in [-0.1, -0.05) is 12.8 Å². The van der Waals surface area contributed by atoms with Crippen molar-refractivity contribution in [3.05, 3.63) is 12.4 Å². The van der Waals surface area contributed by atoms with Gasteiger partial charge in [-0.3, -0.25) is 4.98 Å². The van der Waals surface area contributed by atoms with Crippen LogP contribution in [0.25, 0.3) is 0 Å². The van der Waals surface area contributed by atoms with Crippen molar-refractivity contribution >= 4 is 5.82 Å². The Kier molecular flexibility index (Phi) is 4.36. The highest BCUT2D eigenvalue weighted by atomic mass is 16.5. The number of ether oxygens (including phenoxy) is 1. The summed E-state index contributed by atoms with van der Waals surface area (Å²) in [5, 5.41) is 3.37. The molecular formula is C13H22N4O. The molecule has 0 spiro atoms. The van der Waals surface area contributed by atoms with E-state index in [1.165, 1.54) is 12.8 Å². The maximum absolute atomic E-state index is 6.10. The lowest BCUT2D eigenvalue weighted by molar-refractivity contribution is 0.232. The van der Waals surface area contributed by atoms with E-state index < -0.39 is 0 Å². The van der Waals surface area contributed by atoms with Crippen LogP contribution in [0, 0.1) is 0 Å². The zero-order valence-corrected chi connectivity index (χ0v) is 11.1. The normalized spacial score (nSPS) is 24.0. The Morgan fingerprint density at radius 3 is 2.83 bits per heavy atom. The van der Waals surface area contributed by atoms with Crippen LogP contribution in [0.5, 0.6) is 5.88 Å². The van der Waals surface area contributed by atoms with Crippen LogP contribution in [0.15, 0.2) is 12.4 Å². The number of nitrogens with two attached hydrogens (primary N) is 1. The van der Waals surface area contributed by atoms with Crippen LogP contribution >= 0.6 is 0 Å². The van der Waals surface area contributed by atoms with Gasteiger partial charge in [0.05, 0.1) is 18.5 Å². The highest BCUT2D eigenvalue weighted by Crippen LogP contribution is 2.20. The molecule has 0 amide bonds. The average Bonchev–Trinajstić information content (AvgIpc) is 2.32. The molecule has 1 aliphatic rings. The summed E-state index contributed by atoms with van der Waals surface area (Å²) in [6.45, 7) is 3.94. The van der Waals surface area contributed by atoms with E-state index in [1.54, 1.807) is 12.4 Å². The molecule has 1 saturated carbocycles. The first-order valence-electron chi connectivity index (χ1n) is 6.66. The van der Waals surface area contributed by atoms with Gasteiger partial charge in [0.1, 0.15) is 5.82 Å². The highest BCUT2D eigenvalue weighted by molar-refractivity contribution is 5.35. The van der Waals surface area contributed by atoms with E-state index >= 15 is 0 Å². The molecule has 1 aromatic rings. The van der Waals surface area contributed by atoms with E-state index in [0.29, 0.717) is 11.9 Å². The molecule has 0 aliphatic heterocycles. The quantitative estimate of drug-likeness (QED) is 0.854. The minimum absolute atomic E-state index is 0.103. The van der Waals surface area contributed by atoms with Gasteiger partial charge in [-0.05, 0) is 26.7 Å². The first-order valence-corrected chi connectivity index (χ1v) is 6.66. The van der Waals surface area contributed by atoms with Gasteiger partial charge in [0.25, 0.3) is 0 Å². The summed E-state index contributed by atoms with van der Waals surface area (Å²) < 4.78 is 5.53. The van der Waals surface area contributed by atoms with Crippen molar-refractivity contribution in [3.8, 4) is 5.88 Å². The second-order valence-electron chi connectivity index (χ2n) is 5.11. The molecule has 3 N–H and O–H groups in total. The van der Waals surface area contributed by atoms with Crippen LogP contribution in [-0.2, 0) is 0 Å². The van der Waals surface area contributed by atoms with Gasteiger partial charge in [0.15, 0.2) is 0 Å². The average molecular weight is 250 g/mol. The summed E-state index contributed by atoms with van der Waals surface area (Å²) >= 11 is 0. The second-order valence-corrected chi connectivity index (χ2v) is 5.11. The maximum atomic E-state index is 6.10. The van der Waals surface area contributed by atoms with Crippen molar-refractivity contribution in [1.29, 1.82) is 0 Å². The molecule has 2 unspecified atom stereocenters. The van der Waals surface area contributed by atoms with E-state index in [1.807, 2.05) is 13.8 Å². The molecule has 2 rings (SSSR count). The van der Waals surface area contributed by atoms with Gasteiger partial charge in [-0.2, -0.15) is 4.98 Å². The number of hydrogen-bond acceptors (Lipinski definition) is 5. The Bertz CT molecular complexity index is 383. The van der Waals surface area contributed by atoms with Gasteiger partial charge in [0, 0.05) is 12.1 Å². The van der Waals surface area contributed by atoms with Crippen molar-refractivity contribution in [3.63, 3.8) is 0 Å². The fourth-order valence-corrected chi connectivity index (χ4v) is 2.24. The lowest BCUT2D eigenvalue weighted by Gasteiger charge is -2.29. The van der Waals surface area contributed by atoms with E-state index in [2.05, 4.69) is 15.3 Å². The maximum Gasteiger partial charge on any atom is 0.234 e. The highest BCUT2D eigenvalue weighted by Gasteiger charge is 2.21. The molecule has 0 saturated heterocycles. The van der Waals surface area contributed by atoms with Gasteiger partial charge < -0.3 is 15.8 Å². The van der Waals surface area contributed by atoms with Crippen LogP contribution < -0.4 is 15.8 Å². The molecule has 1 fully saturated rings. The number of rotatable bonds is 4. The third kappa shape index (κ3) is 3.57. The van der Waals surface area contributed by atoms with Crippen LogP contribution in [0.1, 0.15) is 39.5 Å². The Labute approximate surface area is 108 Å². The molecule has 0 aromatic carbocycles. The summed E-state index contributed by atoms with van der Waals surface area (Å²) in [5.41, 5.74) is 6.10. The third-order valence-corrected chi connectivity index (χ3v) is 3.12. The third-order valence-electron chi connectivity index (χ3n) is 3.12. The Morgan fingerprint density at radius 2 is 2.11 bits per heavy atom. The molecule has 0 bridgehead atoms. The first kappa shape index (κ1) is 13.1. The molecule has 5 nitrogen and oxygen atoms in total. The lowest BCUT2D eigenvalue weighted by Crippen LogP contribution is -2.42. The van der Waals surface area contributed by atoms with Crippen molar-refractivity contribution in [2.75, 3.05) is 5.32 Å². The van der Waals surface area contributed by atoms with E-state index in [4.69, 9.17) is 10.5 Å². The molecule has 1 heterocycles. The fourth-order valence-electron chi connectivity index (χ4n) is 2.24. The zero-order chi connectivity index (χ0) is 13.0. The second kappa shape index (κ2) is 6.00. The smallest absolute Gasteiger partial charge is 0.234 e. The minimum Gasteiger partial charge on any atom is -0.474 e. The minimum atomic E-state index is 0.103. The molecule has 18 heavy (non-hydrogen) atoms. The number of nitrogens with one attached hydrogen (secondary N) is 1. The van der Waals surface area contributed by atoms with E-state index in [9.17, 15) is 0 Å². The molecule has 2 atom stereocenters. The topological polar surface area (TPSA) is 73.1 Å². The summed E-state index contributed by atoms with van der Waals surface area (Å²) in [4.78, 5) is 8.53. The van der Waals surface area contributed by atoms with Crippen LogP contribution in [-0.4, -0.2) is 28.2 Å². The van der Waals surface area contributed by atoms with Crippen LogP contribution in [0.2, 0.25) is 0 Å². The largest absolute Gasteiger partial charge is 0.474 e. The Morgan fingerprint density at radius 1 is 1.33 bits per heavy atom. The zero-order valence-electron chi connectivity index (χ0n) is 11.1. The molecule has 0 radical (unpaired) electrons. The van der Waals surface area contributed by atoms with Crippen molar-refractivity contribution in [1.82, 2.24) is 9.97 Å². The molecule has 5 heteroatoms. The Hall–Kier alpha value is -1.36. The van der Waals surface area contributed by atoms with Gasteiger partial charge in [-0.25, -0.2) is 0 Å². The monoisotopic (exact) mass is 250 g/mol. The standard InChI is InChI=1S/C13H22N4O/c1-9(2)18-13-8-15-7-12(17-13)16-11-6-4-3-5-10(11)14/h7-11H,3-6,14H2,1-2H3,(H,16,17). The van der Waals surface area contributed by atoms with Gasteiger partial charge in [0.2, 0.25) is 5.88 Å². The van der Waals surface area contributed by atoms with Crippen molar-refractivity contribution < 1.29 is 4.74 Å². The van der Waals surface area contributed by atoms with E-state index in [0.717, 1.165) is 18.7 Å².